The molecule has 1 heterocycles. The second-order valence-corrected chi connectivity index (χ2v) is 4.16. The van der Waals surface area contributed by atoms with Crippen LogP contribution in [0, 0.1) is 10.1 Å². The smallest absolute Gasteiger partial charge is 0.343 e. The molecule has 0 unspecified atom stereocenters. The summed E-state index contributed by atoms with van der Waals surface area (Å²) in [4.78, 5) is 21.9. The molecule has 2 aromatic rings. The normalized spacial score (nSPS) is 10.2. The van der Waals surface area contributed by atoms with Crippen molar-refractivity contribution in [1.82, 2.24) is 0 Å². The Labute approximate surface area is 104 Å². The summed E-state index contributed by atoms with van der Waals surface area (Å²) < 4.78 is 5.30. The van der Waals surface area contributed by atoms with Gasteiger partial charge in [-0.25, -0.2) is 4.79 Å². The highest BCUT2D eigenvalue weighted by Gasteiger charge is 2.17. The van der Waals surface area contributed by atoms with Gasteiger partial charge < -0.3 is 4.42 Å². The maximum Gasteiger partial charge on any atom is 0.343 e. The van der Waals surface area contributed by atoms with Crippen LogP contribution >= 0.6 is 15.9 Å². The molecule has 2 rings (SSSR count). The van der Waals surface area contributed by atoms with Crippen molar-refractivity contribution in [2.75, 3.05) is 0 Å². The molecule has 0 radical (unpaired) electrons. The van der Waals surface area contributed by atoms with Crippen LogP contribution in [-0.4, -0.2) is 4.92 Å². The number of benzene rings is 1. The molecule has 0 aliphatic carbocycles. The summed E-state index contributed by atoms with van der Waals surface area (Å²) in [6, 6.07) is 7.52. The molecule has 0 N–H and O–H groups in total. The summed E-state index contributed by atoms with van der Waals surface area (Å²) in [5.41, 5.74) is -0.334. The molecule has 86 valence electrons. The molecule has 0 bridgehead atoms. The predicted octanol–water partition coefficient (Wildman–Crippen LogP) is 2.98. The minimum Gasteiger partial charge on any atom is -0.430 e. The zero-order valence-corrected chi connectivity index (χ0v) is 10.0. The molecule has 0 atom stereocenters. The van der Waals surface area contributed by atoms with Crippen molar-refractivity contribution in [3.63, 3.8) is 0 Å². The molecular weight excluding hydrogens is 290 g/mol. The third-order valence-corrected chi connectivity index (χ3v) is 2.59. The number of hydrogen-bond acceptors (Lipinski definition) is 4. The molecular formula is C11H6BrNO4. The summed E-state index contributed by atoms with van der Waals surface area (Å²) in [5.74, 6) is 0. The molecule has 5 nitrogen and oxygen atoms in total. The number of para-hydroxylation sites is 1. The topological polar surface area (TPSA) is 73.3 Å². The van der Waals surface area contributed by atoms with Gasteiger partial charge in [-0.15, -0.1) is 0 Å². The lowest BCUT2D eigenvalue weighted by Crippen LogP contribution is -2.03. The van der Waals surface area contributed by atoms with E-state index in [4.69, 9.17) is 4.42 Å². The molecule has 6 heteroatoms. The second kappa shape index (κ2) is 4.50. The fraction of sp³-hybridized carbons (Fsp3) is 0. The monoisotopic (exact) mass is 295 g/mol. The van der Waals surface area contributed by atoms with Crippen molar-refractivity contribution in [3.8, 4) is 11.1 Å². The first-order chi connectivity index (χ1) is 8.09. The molecule has 0 amide bonds. The predicted molar refractivity (Wildman–Crippen MR) is 64.8 cm³/mol. The van der Waals surface area contributed by atoms with Gasteiger partial charge in [-0.05, 0) is 28.1 Å². The first kappa shape index (κ1) is 11.5. The fourth-order valence-electron chi connectivity index (χ4n) is 1.45. The van der Waals surface area contributed by atoms with Crippen LogP contribution < -0.4 is 5.63 Å². The highest BCUT2D eigenvalue weighted by Crippen LogP contribution is 2.28. The van der Waals surface area contributed by atoms with Gasteiger partial charge in [0, 0.05) is 6.07 Å². The molecule has 0 saturated heterocycles. The van der Waals surface area contributed by atoms with Gasteiger partial charge >= 0.3 is 5.63 Å². The summed E-state index contributed by atoms with van der Waals surface area (Å²) in [5, 5.41) is 10.9. The van der Waals surface area contributed by atoms with Gasteiger partial charge in [-0.1, -0.05) is 12.1 Å². The molecule has 1 aromatic heterocycles. The van der Waals surface area contributed by atoms with Gasteiger partial charge in [-0.2, -0.15) is 0 Å². The van der Waals surface area contributed by atoms with Crippen LogP contribution in [0.1, 0.15) is 0 Å². The van der Waals surface area contributed by atoms with E-state index in [9.17, 15) is 14.9 Å². The lowest BCUT2D eigenvalue weighted by atomic mass is 10.1. The summed E-state index contributed by atoms with van der Waals surface area (Å²) in [6.07, 6.45) is 1.24. The van der Waals surface area contributed by atoms with Crippen molar-refractivity contribution in [2.45, 2.75) is 0 Å². The van der Waals surface area contributed by atoms with Crippen LogP contribution in [0.15, 0.2) is 50.3 Å². The standard InChI is InChI=1S/C11H6BrNO4/c12-7-5-9(11(14)17-6-7)8-3-1-2-4-10(8)13(15)16/h1-6H. The summed E-state index contributed by atoms with van der Waals surface area (Å²) in [6.45, 7) is 0. The average molecular weight is 296 g/mol. The Bertz CT molecular complexity index is 635. The van der Waals surface area contributed by atoms with Crippen molar-refractivity contribution in [3.05, 3.63) is 61.6 Å². The van der Waals surface area contributed by atoms with E-state index in [0.717, 1.165) is 0 Å². The number of halogens is 1. The molecule has 0 fully saturated rings. The molecule has 0 spiro atoms. The van der Waals surface area contributed by atoms with Gasteiger partial charge in [0.05, 0.1) is 20.5 Å². The van der Waals surface area contributed by atoms with E-state index in [0.29, 0.717) is 4.47 Å². The quantitative estimate of drug-likeness (QED) is 0.630. The zero-order chi connectivity index (χ0) is 12.4. The van der Waals surface area contributed by atoms with Crippen molar-refractivity contribution >= 4 is 21.6 Å². The van der Waals surface area contributed by atoms with Gasteiger partial charge in [0.15, 0.2) is 0 Å². The minimum absolute atomic E-state index is 0.127. The molecule has 17 heavy (non-hydrogen) atoms. The van der Waals surface area contributed by atoms with E-state index in [1.54, 1.807) is 12.1 Å². The van der Waals surface area contributed by atoms with Crippen LogP contribution in [0.4, 0.5) is 5.69 Å². The van der Waals surface area contributed by atoms with E-state index in [1.807, 2.05) is 0 Å². The highest BCUT2D eigenvalue weighted by atomic mass is 79.9. The molecule has 0 aliphatic rings. The van der Waals surface area contributed by atoms with Crippen LogP contribution in [-0.2, 0) is 0 Å². The lowest BCUT2D eigenvalue weighted by molar-refractivity contribution is -0.384. The highest BCUT2D eigenvalue weighted by molar-refractivity contribution is 9.10. The van der Waals surface area contributed by atoms with Crippen LogP contribution in [0.3, 0.4) is 0 Å². The SMILES string of the molecule is O=c1occ(Br)cc1-c1ccccc1[N+](=O)[O-]. The van der Waals surface area contributed by atoms with Gasteiger partial charge in [0.1, 0.15) is 6.26 Å². The maximum atomic E-state index is 11.5. The minimum atomic E-state index is -0.609. The van der Waals surface area contributed by atoms with E-state index in [2.05, 4.69) is 15.9 Å². The summed E-state index contributed by atoms with van der Waals surface area (Å²) >= 11 is 3.15. The number of nitrogens with zero attached hydrogens (tertiary/aromatic N) is 1. The first-order valence-corrected chi connectivity index (χ1v) is 5.41. The van der Waals surface area contributed by atoms with Crippen LogP contribution in [0.2, 0.25) is 0 Å². The van der Waals surface area contributed by atoms with Crippen molar-refractivity contribution in [1.29, 1.82) is 0 Å². The van der Waals surface area contributed by atoms with Crippen molar-refractivity contribution < 1.29 is 9.34 Å². The van der Waals surface area contributed by atoms with Gasteiger partial charge in [0.2, 0.25) is 0 Å². The Hall–Kier alpha value is -1.95. The Balaban J connectivity index is 2.72. The van der Waals surface area contributed by atoms with Gasteiger partial charge in [0.25, 0.3) is 5.69 Å². The number of rotatable bonds is 2. The Morgan fingerprint density at radius 2 is 1.94 bits per heavy atom. The van der Waals surface area contributed by atoms with Crippen molar-refractivity contribution in [2.24, 2.45) is 0 Å². The van der Waals surface area contributed by atoms with Crippen LogP contribution in [0.5, 0.6) is 0 Å². The first-order valence-electron chi connectivity index (χ1n) is 4.62. The Morgan fingerprint density at radius 3 is 2.65 bits per heavy atom. The molecule has 0 saturated carbocycles. The number of hydrogen-bond donors (Lipinski definition) is 0. The Morgan fingerprint density at radius 1 is 1.24 bits per heavy atom. The largest absolute Gasteiger partial charge is 0.430 e. The van der Waals surface area contributed by atoms with E-state index < -0.39 is 10.5 Å². The van der Waals surface area contributed by atoms with E-state index in [1.165, 1.54) is 24.5 Å². The number of nitro groups is 1. The third kappa shape index (κ3) is 2.26. The van der Waals surface area contributed by atoms with E-state index in [-0.39, 0.29) is 16.8 Å². The third-order valence-electron chi connectivity index (χ3n) is 2.17. The number of nitro benzene ring substituents is 1. The van der Waals surface area contributed by atoms with E-state index >= 15 is 0 Å². The van der Waals surface area contributed by atoms with Gasteiger partial charge in [-0.3, -0.25) is 10.1 Å². The zero-order valence-electron chi connectivity index (χ0n) is 8.42. The summed E-state index contributed by atoms with van der Waals surface area (Å²) in [7, 11) is 0. The van der Waals surface area contributed by atoms with Crippen LogP contribution in [0.25, 0.3) is 11.1 Å². The second-order valence-electron chi connectivity index (χ2n) is 3.24. The molecule has 0 aliphatic heterocycles. The Kier molecular flexibility index (Phi) is 3.06. The average Bonchev–Trinajstić information content (AvgIpc) is 2.32. The fourth-order valence-corrected chi connectivity index (χ4v) is 1.77. The molecule has 1 aromatic carbocycles. The maximum absolute atomic E-state index is 11.5. The lowest BCUT2D eigenvalue weighted by Gasteiger charge is -2.01.